The molecule has 0 aromatic rings. The number of hydrogen-bond donors (Lipinski definition) is 2. The van der Waals surface area contributed by atoms with E-state index < -0.39 is 0 Å². The highest BCUT2D eigenvalue weighted by atomic mass is 14.9. The second-order valence-electron chi connectivity index (χ2n) is 2.40. The summed E-state index contributed by atoms with van der Waals surface area (Å²) in [4.78, 5) is 0. The highest BCUT2D eigenvalue weighted by Crippen LogP contribution is 1.86. The van der Waals surface area contributed by atoms with E-state index in [1.54, 1.807) is 0 Å². The van der Waals surface area contributed by atoms with Crippen LogP contribution in [0.3, 0.4) is 0 Å². The molecule has 2 nitrogen and oxygen atoms in total. The molecule has 2 N–H and O–H groups in total. The number of rotatable bonds is 5. The molecule has 2 heteroatoms. The second-order valence-corrected chi connectivity index (χ2v) is 2.40. The molecule has 0 saturated heterocycles. The zero-order valence-corrected chi connectivity index (χ0v) is 7.20. The fourth-order valence-electron chi connectivity index (χ4n) is 0.730. The summed E-state index contributed by atoms with van der Waals surface area (Å²) in [5.41, 5.74) is 1.20. The van der Waals surface area contributed by atoms with Gasteiger partial charge in [0.15, 0.2) is 0 Å². The minimum Gasteiger partial charge on any atom is -0.393 e. The predicted molar refractivity (Wildman–Crippen MR) is 45.7 cm³/mol. The Bertz CT molecular complexity index is 97.4. The molecule has 0 heterocycles. The van der Waals surface area contributed by atoms with Crippen LogP contribution in [0.25, 0.3) is 0 Å². The smallest absolute Gasteiger partial charge is 0.0234 e. The molecule has 0 bridgehead atoms. The number of nitrogens with one attached hydrogen (secondary N) is 2. The third-order valence-corrected chi connectivity index (χ3v) is 1.30. The first-order valence-electron chi connectivity index (χ1n) is 3.89. The Hall–Kier alpha value is -0.660. The Kier molecular flexibility index (Phi) is 6.03. The molecule has 0 aliphatic rings. The Morgan fingerprint density at radius 3 is 2.70 bits per heavy atom. The molecule has 0 fully saturated rings. The maximum atomic E-state index is 3.28. The lowest BCUT2D eigenvalue weighted by Crippen LogP contribution is -2.14. The first-order valence-corrected chi connectivity index (χ1v) is 3.89. The molecule has 0 spiro atoms. The van der Waals surface area contributed by atoms with E-state index in [1.807, 2.05) is 13.2 Å². The van der Waals surface area contributed by atoms with Gasteiger partial charge >= 0.3 is 0 Å². The van der Waals surface area contributed by atoms with E-state index in [2.05, 4.69) is 24.5 Å². The van der Waals surface area contributed by atoms with Gasteiger partial charge in [0.2, 0.25) is 0 Å². The van der Waals surface area contributed by atoms with Crippen LogP contribution >= 0.6 is 0 Å². The number of allylic oxidation sites excluding steroid dienone is 1. The summed E-state index contributed by atoms with van der Waals surface area (Å²) in [5, 5.41) is 6.25. The van der Waals surface area contributed by atoms with Gasteiger partial charge in [-0.25, -0.2) is 0 Å². The summed E-state index contributed by atoms with van der Waals surface area (Å²) >= 11 is 0. The van der Waals surface area contributed by atoms with Crippen LogP contribution in [-0.4, -0.2) is 13.6 Å². The third-order valence-electron chi connectivity index (χ3n) is 1.30. The van der Waals surface area contributed by atoms with Crippen LogP contribution in [0.5, 0.6) is 0 Å². The van der Waals surface area contributed by atoms with Crippen LogP contribution in [0.15, 0.2) is 11.9 Å². The van der Waals surface area contributed by atoms with E-state index in [1.165, 1.54) is 18.5 Å². The standard InChI is InChI=1S/C8H18N2/c1-4-5-6-10-8(2)7-9-3/h7,9-10H,4-6H2,1-3H3/b8-7-. The summed E-state index contributed by atoms with van der Waals surface area (Å²) in [7, 11) is 1.91. The summed E-state index contributed by atoms with van der Waals surface area (Å²) in [6.07, 6.45) is 4.46. The molecular weight excluding hydrogens is 124 g/mol. The van der Waals surface area contributed by atoms with E-state index in [0.29, 0.717) is 0 Å². The molecular formula is C8H18N2. The van der Waals surface area contributed by atoms with Crippen molar-refractivity contribution in [3.8, 4) is 0 Å². The molecule has 60 valence electrons. The quantitative estimate of drug-likeness (QED) is 0.568. The van der Waals surface area contributed by atoms with Crippen molar-refractivity contribution < 1.29 is 0 Å². The highest BCUT2D eigenvalue weighted by Gasteiger charge is 1.84. The molecule has 0 rings (SSSR count). The molecule has 0 aromatic carbocycles. The molecule has 0 aliphatic carbocycles. The maximum absolute atomic E-state index is 3.28. The lowest BCUT2D eigenvalue weighted by molar-refractivity contribution is 0.706. The van der Waals surface area contributed by atoms with Crippen LogP contribution in [0.4, 0.5) is 0 Å². The first-order chi connectivity index (χ1) is 4.81. The van der Waals surface area contributed by atoms with Crippen LogP contribution in [0.1, 0.15) is 26.7 Å². The second kappa shape index (κ2) is 6.46. The van der Waals surface area contributed by atoms with Gasteiger partial charge < -0.3 is 10.6 Å². The van der Waals surface area contributed by atoms with Gasteiger partial charge in [0.05, 0.1) is 0 Å². The van der Waals surface area contributed by atoms with Gasteiger partial charge in [-0.05, 0) is 13.3 Å². The van der Waals surface area contributed by atoms with Crippen molar-refractivity contribution in [2.75, 3.05) is 13.6 Å². The van der Waals surface area contributed by atoms with E-state index >= 15 is 0 Å². The van der Waals surface area contributed by atoms with Gasteiger partial charge in [0.1, 0.15) is 0 Å². The van der Waals surface area contributed by atoms with Gasteiger partial charge in [-0.2, -0.15) is 0 Å². The van der Waals surface area contributed by atoms with E-state index in [0.717, 1.165) is 6.54 Å². The van der Waals surface area contributed by atoms with Crippen molar-refractivity contribution in [2.24, 2.45) is 0 Å². The van der Waals surface area contributed by atoms with E-state index in [4.69, 9.17) is 0 Å². The Balaban J connectivity index is 3.21. The maximum Gasteiger partial charge on any atom is 0.0234 e. The van der Waals surface area contributed by atoms with Gasteiger partial charge in [-0.3, -0.25) is 0 Å². The zero-order chi connectivity index (χ0) is 7.82. The third kappa shape index (κ3) is 5.48. The SMILES string of the molecule is CCCCN/C(C)=C\NC. The summed E-state index contributed by atoms with van der Waals surface area (Å²) in [6.45, 7) is 5.34. The van der Waals surface area contributed by atoms with Crippen LogP contribution < -0.4 is 10.6 Å². The van der Waals surface area contributed by atoms with E-state index in [9.17, 15) is 0 Å². The van der Waals surface area contributed by atoms with Crippen molar-refractivity contribution in [3.05, 3.63) is 11.9 Å². The average molecular weight is 142 g/mol. The van der Waals surface area contributed by atoms with Crippen molar-refractivity contribution in [1.29, 1.82) is 0 Å². The Morgan fingerprint density at radius 2 is 2.20 bits per heavy atom. The predicted octanol–water partition coefficient (Wildman–Crippen LogP) is 1.46. The Labute approximate surface area is 63.7 Å². The molecule has 0 aliphatic heterocycles. The highest BCUT2D eigenvalue weighted by molar-refractivity contribution is 4.92. The minimum atomic E-state index is 1.08. The molecule has 0 aromatic heterocycles. The van der Waals surface area contributed by atoms with E-state index in [-0.39, 0.29) is 0 Å². The van der Waals surface area contributed by atoms with Crippen molar-refractivity contribution >= 4 is 0 Å². The van der Waals surface area contributed by atoms with Crippen molar-refractivity contribution in [3.63, 3.8) is 0 Å². The number of unbranched alkanes of at least 4 members (excludes halogenated alkanes) is 1. The van der Waals surface area contributed by atoms with Crippen molar-refractivity contribution in [1.82, 2.24) is 10.6 Å². The van der Waals surface area contributed by atoms with Gasteiger partial charge in [0, 0.05) is 25.5 Å². The van der Waals surface area contributed by atoms with Crippen LogP contribution in [-0.2, 0) is 0 Å². The molecule has 0 radical (unpaired) electrons. The van der Waals surface area contributed by atoms with Gasteiger partial charge in [-0.15, -0.1) is 0 Å². The summed E-state index contributed by atoms with van der Waals surface area (Å²) < 4.78 is 0. The van der Waals surface area contributed by atoms with Crippen molar-refractivity contribution in [2.45, 2.75) is 26.7 Å². The normalized spacial score (nSPS) is 11.3. The largest absolute Gasteiger partial charge is 0.393 e. The molecule has 0 unspecified atom stereocenters. The number of hydrogen-bond acceptors (Lipinski definition) is 2. The molecule has 0 amide bonds. The lowest BCUT2D eigenvalue weighted by atomic mass is 10.3. The average Bonchev–Trinajstić information content (AvgIpc) is 1.89. The fraction of sp³-hybridized carbons (Fsp3) is 0.750. The monoisotopic (exact) mass is 142 g/mol. The van der Waals surface area contributed by atoms with Crippen LogP contribution in [0.2, 0.25) is 0 Å². The molecule has 10 heavy (non-hydrogen) atoms. The summed E-state index contributed by atoms with van der Waals surface area (Å²) in [6, 6.07) is 0. The topological polar surface area (TPSA) is 24.1 Å². The van der Waals surface area contributed by atoms with Gasteiger partial charge in [0.25, 0.3) is 0 Å². The zero-order valence-electron chi connectivity index (χ0n) is 7.20. The van der Waals surface area contributed by atoms with Gasteiger partial charge in [-0.1, -0.05) is 13.3 Å². The lowest BCUT2D eigenvalue weighted by Gasteiger charge is -2.04. The minimum absolute atomic E-state index is 1.08. The molecule has 0 saturated carbocycles. The first kappa shape index (κ1) is 9.34. The molecule has 0 atom stereocenters. The van der Waals surface area contributed by atoms with Crippen LogP contribution in [0, 0.1) is 0 Å². The Morgan fingerprint density at radius 1 is 1.50 bits per heavy atom. The summed E-state index contributed by atoms with van der Waals surface area (Å²) in [5.74, 6) is 0. The fourth-order valence-corrected chi connectivity index (χ4v) is 0.730.